The highest BCUT2D eigenvalue weighted by Gasteiger charge is 2.01. The van der Waals surface area contributed by atoms with Crippen LogP contribution >= 0.6 is 0 Å². The number of aromatic amines is 1. The minimum atomic E-state index is -0.0495. The number of hydrogen-bond donors (Lipinski definition) is 3. The number of carbonyl (C=O) groups is 1. The number of H-pyrrole nitrogens is 1. The van der Waals surface area contributed by atoms with E-state index in [2.05, 4.69) is 15.5 Å². The number of nitrogen functional groups attached to an aromatic ring is 1. The summed E-state index contributed by atoms with van der Waals surface area (Å²) in [6.07, 6.45) is 3.67. The molecule has 0 bridgehead atoms. The maximum absolute atomic E-state index is 10.6. The molecule has 0 atom stereocenters. The Morgan fingerprint density at radius 1 is 1.71 bits per heavy atom. The van der Waals surface area contributed by atoms with E-state index >= 15 is 0 Å². The fraction of sp³-hybridized carbons (Fsp3) is 0.333. The van der Waals surface area contributed by atoms with Gasteiger partial charge in [-0.05, 0) is 6.92 Å². The number of carbonyl (C=O) groups excluding carboxylic acids is 1. The van der Waals surface area contributed by atoms with Crippen LogP contribution in [0.5, 0.6) is 0 Å². The molecule has 1 rings (SSSR count). The molecular weight excluding hydrogens is 180 g/mol. The average Bonchev–Trinajstić information content (AvgIpc) is 2.42. The predicted molar refractivity (Wildman–Crippen MR) is 55.5 cm³/mol. The monoisotopic (exact) mass is 194 g/mol. The lowest BCUT2D eigenvalue weighted by molar-refractivity contribution is -0.118. The van der Waals surface area contributed by atoms with Gasteiger partial charge >= 0.3 is 0 Å². The number of nitrogens with zero attached hydrogens (tertiary/aromatic N) is 1. The first-order valence-corrected chi connectivity index (χ1v) is 4.32. The highest BCUT2D eigenvalue weighted by atomic mass is 16.1. The van der Waals surface area contributed by atoms with E-state index in [4.69, 9.17) is 5.73 Å². The van der Waals surface area contributed by atoms with Crippen LogP contribution in [-0.2, 0) is 4.79 Å². The molecule has 76 valence electrons. The van der Waals surface area contributed by atoms with Crippen LogP contribution in [-0.4, -0.2) is 22.6 Å². The minimum Gasteiger partial charge on any atom is -0.382 e. The van der Waals surface area contributed by atoms with Gasteiger partial charge in [-0.25, -0.2) is 0 Å². The van der Waals surface area contributed by atoms with Gasteiger partial charge in [-0.2, -0.15) is 5.10 Å². The van der Waals surface area contributed by atoms with Crippen molar-refractivity contribution in [1.82, 2.24) is 15.5 Å². The van der Waals surface area contributed by atoms with E-state index in [0.717, 1.165) is 11.3 Å². The summed E-state index contributed by atoms with van der Waals surface area (Å²) in [5.74, 6) is 0.424. The molecule has 1 heterocycles. The van der Waals surface area contributed by atoms with Gasteiger partial charge in [0, 0.05) is 24.7 Å². The molecule has 14 heavy (non-hydrogen) atoms. The Bertz CT molecular complexity index is 334. The van der Waals surface area contributed by atoms with Crippen LogP contribution in [0.2, 0.25) is 0 Å². The molecule has 0 saturated carbocycles. The molecule has 5 nitrogen and oxygen atoms in total. The van der Waals surface area contributed by atoms with Gasteiger partial charge in [0.1, 0.15) is 0 Å². The normalized spacial score (nSPS) is 10.7. The van der Waals surface area contributed by atoms with Crippen LogP contribution in [0.15, 0.2) is 6.08 Å². The molecular formula is C9H14N4O. The number of amides is 1. The molecule has 0 aromatic carbocycles. The van der Waals surface area contributed by atoms with E-state index in [9.17, 15) is 4.79 Å². The van der Waals surface area contributed by atoms with Crippen LogP contribution < -0.4 is 11.1 Å². The summed E-state index contributed by atoms with van der Waals surface area (Å²) < 4.78 is 0. The number of anilines is 1. The summed E-state index contributed by atoms with van der Waals surface area (Å²) in [6.45, 7) is 3.87. The van der Waals surface area contributed by atoms with Gasteiger partial charge in [0.15, 0.2) is 5.82 Å². The summed E-state index contributed by atoms with van der Waals surface area (Å²) in [6, 6.07) is 0. The zero-order valence-corrected chi connectivity index (χ0v) is 8.29. The Morgan fingerprint density at radius 2 is 2.43 bits per heavy atom. The molecule has 0 radical (unpaired) electrons. The Labute approximate surface area is 82.4 Å². The number of hydrogen-bond acceptors (Lipinski definition) is 3. The van der Waals surface area contributed by atoms with Crippen molar-refractivity contribution in [1.29, 1.82) is 0 Å². The maximum atomic E-state index is 10.6. The van der Waals surface area contributed by atoms with Crippen LogP contribution in [0.4, 0.5) is 5.82 Å². The molecule has 0 unspecified atom stereocenters. The lowest BCUT2D eigenvalue weighted by atomic mass is 10.2. The number of aromatic nitrogens is 2. The van der Waals surface area contributed by atoms with Gasteiger partial charge < -0.3 is 11.1 Å². The Hall–Kier alpha value is -1.78. The van der Waals surface area contributed by atoms with Gasteiger partial charge in [0.2, 0.25) is 5.91 Å². The molecule has 1 amide bonds. The smallest absolute Gasteiger partial charge is 0.217 e. The fourth-order valence-electron chi connectivity index (χ4n) is 1.05. The van der Waals surface area contributed by atoms with Crippen LogP contribution in [0.3, 0.4) is 0 Å². The van der Waals surface area contributed by atoms with Crippen molar-refractivity contribution in [2.75, 3.05) is 12.3 Å². The molecule has 1 aromatic heterocycles. The summed E-state index contributed by atoms with van der Waals surface area (Å²) in [5, 5.41) is 9.27. The van der Waals surface area contributed by atoms with Gasteiger partial charge in [-0.15, -0.1) is 0 Å². The van der Waals surface area contributed by atoms with E-state index < -0.39 is 0 Å². The van der Waals surface area contributed by atoms with Crippen molar-refractivity contribution in [2.45, 2.75) is 13.8 Å². The molecule has 1 aromatic rings. The van der Waals surface area contributed by atoms with Crippen LogP contribution in [0.25, 0.3) is 6.08 Å². The summed E-state index contributed by atoms with van der Waals surface area (Å²) in [5.41, 5.74) is 7.39. The van der Waals surface area contributed by atoms with Crippen molar-refractivity contribution in [3.05, 3.63) is 17.3 Å². The lowest BCUT2D eigenvalue weighted by Crippen LogP contribution is -2.19. The third-order valence-electron chi connectivity index (χ3n) is 1.78. The SMILES string of the molecule is CC(=O)NCC=Cc1c(N)n[nH]c1C. The molecule has 0 aliphatic carbocycles. The van der Waals surface area contributed by atoms with E-state index in [1.54, 1.807) is 0 Å². The Morgan fingerprint density at radius 3 is 2.93 bits per heavy atom. The molecule has 0 spiro atoms. The first kappa shape index (κ1) is 10.3. The van der Waals surface area contributed by atoms with Crippen LogP contribution in [0, 0.1) is 6.92 Å². The molecule has 0 aliphatic heterocycles. The van der Waals surface area contributed by atoms with Crippen molar-refractivity contribution < 1.29 is 4.79 Å². The van der Waals surface area contributed by atoms with E-state index in [1.807, 2.05) is 19.1 Å². The standard InChI is InChI=1S/C9H14N4O/c1-6-8(9(10)13-12-6)4-3-5-11-7(2)14/h3-4H,5H2,1-2H3,(H,11,14)(H3,10,12,13). The first-order valence-electron chi connectivity index (χ1n) is 4.32. The van der Waals surface area contributed by atoms with Crippen molar-refractivity contribution >= 4 is 17.8 Å². The van der Waals surface area contributed by atoms with Gasteiger partial charge in [-0.3, -0.25) is 9.89 Å². The molecule has 0 aliphatic rings. The van der Waals surface area contributed by atoms with E-state index in [1.165, 1.54) is 6.92 Å². The number of rotatable bonds is 3. The topological polar surface area (TPSA) is 83.8 Å². The number of aryl methyl sites for hydroxylation is 1. The molecule has 5 heteroatoms. The van der Waals surface area contributed by atoms with Gasteiger partial charge in [-0.1, -0.05) is 12.2 Å². The molecule has 0 fully saturated rings. The quantitative estimate of drug-likeness (QED) is 0.653. The van der Waals surface area contributed by atoms with Crippen molar-refractivity contribution in [2.24, 2.45) is 0 Å². The largest absolute Gasteiger partial charge is 0.382 e. The predicted octanol–water partition coefficient (Wildman–Crippen LogP) is 0.450. The van der Waals surface area contributed by atoms with E-state index in [-0.39, 0.29) is 5.91 Å². The van der Waals surface area contributed by atoms with Gasteiger partial charge in [0.05, 0.1) is 0 Å². The minimum absolute atomic E-state index is 0.0495. The third-order valence-corrected chi connectivity index (χ3v) is 1.78. The second-order valence-electron chi connectivity index (χ2n) is 2.99. The molecule has 0 saturated heterocycles. The lowest BCUT2D eigenvalue weighted by Gasteiger charge is -1.95. The second-order valence-corrected chi connectivity index (χ2v) is 2.99. The summed E-state index contributed by atoms with van der Waals surface area (Å²) in [4.78, 5) is 10.6. The average molecular weight is 194 g/mol. The van der Waals surface area contributed by atoms with Crippen LogP contribution in [0.1, 0.15) is 18.2 Å². The third kappa shape index (κ3) is 2.62. The van der Waals surface area contributed by atoms with Crippen molar-refractivity contribution in [3.8, 4) is 0 Å². The Balaban J connectivity index is 2.55. The zero-order chi connectivity index (χ0) is 10.6. The zero-order valence-electron chi connectivity index (χ0n) is 8.29. The first-order chi connectivity index (χ1) is 6.61. The Kier molecular flexibility index (Phi) is 3.28. The van der Waals surface area contributed by atoms with E-state index in [0.29, 0.717) is 12.4 Å². The highest BCUT2D eigenvalue weighted by Crippen LogP contribution is 2.13. The fourth-order valence-corrected chi connectivity index (χ4v) is 1.05. The maximum Gasteiger partial charge on any atom is 0.217 e. The van der Waals surface area contributed by atoms with Gasteiger partial charge in [0.25, 0.3) is 0 Å². The van der Waals surface area contributed by atoms with Crippen molar-refractivity contribution in [3.63, 3.8) is 0 Å². The highest BCUT2D eigenvalue weighted by molar-refractivity contribution is 5.73. The second kappa shape index (κ2) is 4.45. The summed E-state index contributed by atoms with van der Waals surface area (Å²) >= 11 is 0. The number of nitrogens with two attached hydrogens (primary N) is 1. The number of nitrogens with one attached hydrogen (secondary N) is 2. The summed E-state index contributed by atoms with van der Waals surface area (Å²) in [7, 11) is 0. The molecule has 4 N–H and O–H groups in total.